The summed E-state index contributed by atoms with van der Waals surface area (Å²) < 4.78 is 0.350. The molecule has 3 nitrogen and oxygen atoms in total. The average molecular weight is 315 g/mol. The highest BCUT2D eigenvalue weighted by atomic mass is 127. The van der Waals surface area contributed by atoms with Crippen LogP contribution in [-0.2, 0) is 9.59 Å². The van der Waals surface area contributed by atoms with Crippen molar-refractivity contribution in [3.05, 3.63) is 48.7 Å². The molecular weight excluding hydrogens is 305 g/mol. The number of hydrogen-bond acceptors (Lipinski definition) is 3. The van der Waals surface area contributed by atoms with Crippen molar-refractivity contribution in [1.82, 2.24) is 0 Å². The Hall–Kier alpha value is -1.26. The summed E-state index contributed by atoms with van der Waals surface area (Å²) in [5, 5.41) is 0. The van der Waals surface area contributed by atoms with E-state index in [2.05, 4.69) is 18.2 Å². The van der Waals surface area contributed by atoms with Crippen LogP contribution in [0.1, 0.15) is 0 Å². The van der Waals surface area contributed by atoms with Crippen LogP contribution in [0.2, 0.25) is 0 Å². The number of Topliss-reactive ketones (excluding diaryl/α,β-unsaturated/α-hetero) is 1. The molecule has 0 N–H and O–H groups in total. The lowest BCUT2D eigenvalue weighted by molar-refractivity contribution is -0.112. The van der Waals surface area contributed by atoms with Crippen LogP contribution in [0.15, 0.2) is 53.7 Å². The minimum atomic E-state index is -0.0593. The molecule has 0 amide bonds. The first-order valence-corrected chi connectivity index (χ1v) is 5.56. The molecule has 0 aliphatic heterocycles. The number of ketones is 1. The topological polar surface area (TPSA) is 46.5 Å². The van der Waals surface area contributed by atoms with Gasteiger partial charge >= 0.3 is 0 Å². The lowest BCUT2D eigenvalue weighted by Gasteiger charge is -1.97. The van der Waals surface area contributed by atoms with E-state index >= 15 is 0 Å². The van der Waals surface area contributed by atoms with E-state index in [9.17, 15) is 9.59 Å². The van der Waals surface area contributed by atoms with Crippen molar-refractivity contribution in [2.45, 2.75) is 0 Å². The van der Waals surface area contributed by atoms with Gasteiger partial charge in [-0.1, -0.05) is 47.9 Å². The summed E-state index contributed by atoms with van der Waals surface area (Å²) in [5.41, 5.74) is 0.740. The largest absolute Gasteiger partial charge is 0.293 e. The van der Waals surface area contributed by atoms with E-state index in [0.29, 0.717) is 15.7 Å². The Balaban J connectivity index is 5.19. The lowest BCUT2D eigenvalue weighted by atomic mass is 10.1. The van der Waals surface area contributed by atoms with E-state index < -0.39 is 0 Å². The Morgan fingerprint density at radius 2 is 2.13 bits per heavy atom. The van der Waals surface area contributed by atoms with Crippen LogP contribution in [0.4, 0.5) is 0 Å². The van der Waals surface area contributed by atoms with Crippen molar-refractivity contribution < 1.29 is 9.59 Å². The second-order valence-corrected chi connectivity index (χ2v) is 3.15. The monoisotopic (exact) mass is 315 g/mol. The molecule has 0 aliphatic rings. The summed E-state index contributed by atoms with van der Waals surface area (Å²) in [7, 11) is 0. The number of aliphatic imine (C=N–C) groups is 1. The summed E-state index contributed by atoms with van der Waals surface area (Å²) in [4.78, 5) is 24.9. The third-order valence-electron chi connectivity index (χ3n) is 1.43. The lowest BCUT2D eigenvalue weighted by Crippen LogP contribution is -2.01. The van der Waals surface area contributed by atoms with Gasteiger partial charge in [0.15, 0.2) is 5.78 Å². The number of isocyanates is 1. The van der Waals surface area contributed by atoms with E-state index in [1.165, 1.54) is 24.3 Å². The highest BCUT2D eigenvalue weighted by Gasteiger charge is 2.04. The quantitative estimate of drug-likeness (QED) is 0.189. The Labute approximate surface area is 102 Å². The molecule has 0 unspecified atom stereocenters. The molecule has 0 spiro atoms. The van der Waals surface area contributed by atoms with Crippen molar-refractivity contribution in [1.29, 1.82) is 0 Å². The molecule has 78 valence electrons. The molecule has 4 heteroatoms. The fourth-order valence-electron chi connectivity index (χ4n) is 0.775. The van der Waals surface area contributed by atoms with Gasteiger partial charge in [0.2, 0.25) is 6.08 Å². The molecule has 0 aromatic carbocycles. The van der Waals surface area contributed by atoms with Crippen LogP contribution in [-0.4, -0.2) is 16.3 Å². The zero-order valence-electron chi connectivity index (χ0n) is 8.07. The smallest absolute Gasteiger partial charge is 0.240 e. The first-order chi connectivity index (χ1) is 7.19. The summed E-state index contributed by atoms with van der Waals surface area (Å²) in [6, 6.07) is 0. The van der Waals surface area contributed by atoms with Crippen LogP contribution in [0.25, 0.3) is 0 Å². The van der Waals surface area contributed by atoms with Crippen molar-refractivity contribution in [2.75, 3.05) is 4.43 Å². The summed E-state index contributed by atoms with van der Waals surface area (Å²) in [6.45, 7) is 6.97. The number of halogens is 1. The number of carbonyl (C=O) groups is 1. The standard InChI is InChI=1S/C11H10INO2/c1-3-5-9(11(15)7-12)6-10(4-2)13-8-14/h3-6H,1-2,7H2/b9-5+,10-6+. The van der Waals surface area contributed by atoms with Gasteiger partial charge in [-0.05, 0) is 12.2 Å². The Morgan fingerprint density at radius 1 is 1.47 bits per heavy atom. The van der Waals surface area contributed by atoms with Crippen molar-refractivity contribution in [3.8, 4) is 0 Å². The molecule has 0 fully saturated rings. The summed E-state index contributed by atoms with van der Waals surface area (Å²) >= 11 is 1.96. The van der Waals surface area contributed by atoms with Crippen molar-refractivity contribution >= 4 is 34.5 Å². The van der Waals surface area contributed by atoms with Gasteiger partial charge < -0.3 is 0 Å². The van der Waals surface area contributed by atoms with Gasteiger partial charge in [-0.3, -0.25) is 4.79 Å². The van der Waals surface area contributed by atoms with E-state index in [-0.39, 0.29) is 5.78 Å². The maximum Gasteiger partial charge on any atom is 0.240 e. The molecule has 0 rings (SSSR count). The van der Waals surface area contributed by atoms with Gasteiger partial charge in [0.05, 0.1) is 10.1 Å². The summed E-state index contributed by atoms with van der Waals surface area (Å²) in [5.74, 6) is -0.0593. The second kappa shape index (κ2) is 8.08. The molecule has 0 aromatic heterocycles. The third-order valence-corrected chi connectivity index (χ3v) is 2.12. The predicted octanol–water partition coefficient (Wildman–Crippen LogP) is 2.51. The predicted molar refractivity (Wildman–Crippen MR) is 68.6 cm³/mol. The maximum atomic E-state index is 11.4. The minimum Gasteiger partial charge on any atom is -0.293 e. The number of carbonyl (C=O) groups excluding carboxylic acids is 2. The number of hydrogen-bond donors (Lipinski definition) is 0. The second-order valence-electron chi connectivity index (χ2n) is 2.39. The fraction of sp³-hybridized carbons (Fsp3) is 0.0909. The van der Waals surface area contributed by atoms with Gasteiger partial charge in [-0.2, -0.15) is 4.99 Å². The molecule has 0 saturated heterocycles. The molecule has 15 heavy (non-hydrogen) atoms. The van der Waals surface area contributed by atoms with E-state index in [1.807, 2.05) is 22.6 Å². The fourth-order valence-corrected chi connectivity index (χ4v) is 1.21. The van der Waals surface area contributed by atoms with Crippen molar-refractivity contribution in [3.63, 3.8) is 0 Å². The molecule has 0 aromatic rings. The minimum absolute atomic E-state index is 0.0593. The molecular formula is C11H10INO2. The van der Waals surface area contributed by atoms with Gasteiger partial charge in [0, 0.05) is 5.57 Å². The van der Waals surface area contributed by atoms with Gasteiger partial charge in [0.1, 0.15) is 0 Å². The van der Waals surface area contributed by atoms with E-state index in [4.69, 9.17) is 0 Å². The van der Waals surface area contributed by atoms with Crippen LogP contribution in [0, 0.1) is 0 Å². The number of allylic oxidation sites excluding steroid dienone is 5. The first-order valence-electron chi connectivity index (χ1n) is 4.03. The normalized spacial score (nSPS) is 11.5. The van der Waals surface area contributed by atoms with E-state index in [0.717, 1.165) is 0 Å². The molecule has 0 saturated carbocycles. The van der Waals surface area contributed by atoms with Gasteiger partial charge in [-0.25, -0.2) is 4.79 Å². The molecule has 0 heterocycles. The van der Waals surface area contributed by atoms with Crippen LogP contribution >= 0.6 is 22.6 Å². The molecule has 0 aliphatic carbocycles. The zero-order valence-corrected chi connectivity index (χ0v) is 10.2. The number of rotatable bonds is 6. The highest BCUT2D eigenvalue weighted by Crippen LogP contribution is 2.08. The SMILES string of the molecule is C=C/C=C(\C=C(/C=C)N=C=O)C(=O)CI. The van der Waals surface area contributed by atoms with Crippen LogP contribution < -0.4 is 0 Å². The molecule has 0 radical (unpaired) electrons. The Morgan fingerprint density at radius 3 is 2.53 bits per heavy atom. The molecule has 0 bridgehead atoms. The number of alkyl halides is 1. The van der Waals surface area contributed by atoms with Crippen LogP contribution in [0.5, 0.6) is 0 Å². The Kier molecular flexibility index (Phi) is 7.40. The highest BCUT2D eigenvalue weighted by molar-refractivity contribution is 14.1. The van der Waals surface area contributed by atoms with Crippen molar-refractivity contribution in [2.24, 2.45) is 4.99 Å². The zero-order chi connectivity index (χ0) is 11.7. The third kappa shape index (κ3) is 5.24. The Bertz CT molecular complexity index is 374. The van der Waals surface area contributed by atoms with Gasteiger partial charge in [0.25, 0.3) is 0 Å². The summed E-state index contributed by atoms with van der Waals surface area (Å²) in [6.07, 6.45) is 7.30. The number of nitrogens with zero attached hydrogens (tertiary/aromatic N) is 1. The molecule has 0 atom stereocenters. The maximum absolute atomic E-state index is 11.4. The van der Waals surface area contributed by atoms with Crippen LogP contribution in [0.3, 0.4) is 0 Å². The van der Waals surface area contributed by atoms with E-state index in [1.54, 1.807) is 6.08 Å². The first kappa shape index (κ1) is 13.7. The average Bonchev–Trinajstić information content (AvgIpc) is 2.26. The van der Waals surface area contributed by atoms with Gasteiger partial charge in [-0.15, -0.1) is 0 Å².